The largest absolute Gasteiger partial charge is 0.491 e. The van der Waals surface area contributed by atoms with E-state index in [-0.39, 0.29) is 35.0 Å². The zero-order valence-corrected chi connectivity index (χ0v) is 30.4. The number of anilines is 1. The molecule has 3 fully saturated rings. The van der Waals surface area contributed by atoms with Gasteiger partial charge in [-0.05, 0) is 81.6 Å². The van der Waals surface area contributed by atoms with Gasteiger partial charge in [0.2, 0.25) is 0 Å². The second-order valence-electron chi connectivity index (χ2n) is 15.2. The predicted octanol–water partition coefficient (Wildman–Crippen LogP) is 5.44. The maximum absolute atomic E-state index is 15.0. The highest BCUT2D eigenvalue weighted by Gasteiger charge is 2.48. The highest BCUT2D eigenvalue weighted by atomic mass is 32.2. The highest BCUT2D eigenvalue weighted by molar-refractivity contribution is 7.92. The SMILES string of the molecule is C=C1C=CC2C(=C1)CCC[C@]21COc2ccc3cc2N(C[C@@H]2CC[C@H]2C(OC)/C=C/COC(C)(C)C(=O)N=S3(=O)NC(=O)N2CC(OC)C2)C1. The van der Waals surface area contributed by atoms with Gasteiger partial charge in [0, 0.05) is 38.6 Å². The number of amides is 3. The van der Waals surface area contributed by atoms with E-state index in [0.717, 1.165) is 56.5 Å². The number of methoxy groups -OCH3 is 2. The fraction of sp³-hybridized carbons (Fsp3) is 0.579. The highest BCUT2D eigenvalue weighted by Crippen LogP contribution is 2.52. The first-order valence-corrected chi connectivity index (χ1v) is 19.3. The number of fused-ring (bicyclic) bond motifs is 4. The molecule has 3 aliphatic carbocycles. The maximum Gasteiger partial charge on any atom is 0.330 e. The van der Waals surface area contributed by atoms with E-state index >= 15 is 4.21 Å². The second-order valence-corrected chi connectivity index (χ2v) is 17.1. The summed E-state index contributed by atoms with van der Waals surface area (Å²) in [7, 11) is -0.480. The van der Waals surface area contributed by atoms with Crippen molar-refractivity contribution in [2.75, 3.05) is 58.5 Å². The van der Waals surface area contributed by atoms with Crippen LogP contribution in [0.1, 0.15) is 46.0 Å². The zero-order chi connectivity index (χ0) is 35.3. The Morgan fingerprint density at radius 1 is 1.14 bits per heavy atom. The second kappa shape index (κ2) is 13.6. The molecular weight excluding hydrogens is 657 g/mol. The standard InChI is InChI=1S/C38H50N4O7S/c1-25-10-14-31-26(18-25)8-6-16-38(31)23-42-20-27-11-13-30(27)33(47-5)9-7-17-49-37(2,3)35(43)39-50(45,40-36(44)41-21-28(22-41)46-4)29-12-15-34(48-24-38)32(42)19-29/h7,9-10,12,14-15,18-19,27-28,30-31,33H,1,6,8,11,13,16-17,20-24H2,2-5H3,(H,39,40,43,44,45)/b9-7+/t27-,30+,31?,33?,38-,50?/m0/s1. The van der Waals surface area contributed by atoms with E-state index in [0.29, 0.717) is 37.3 Å². The van der Waals surface area contributed by atoms with Gasteiger partial charge in [-0.15, -0.1) is 4.36 Å². The molecule has 11 nitrogen and oxygen atoms in total. The van der Waals surface area contributed by atoms with Crippen molar-refractivity contribution in [3.8, 4) is 5.75 Å². The number of hydrogen-bond acceptors (Lipinski definition) is 8. The van der Waals surface area contributed by atoms with E-state index in [1.54, 1.807) is 40.2 Å². The monoisotopic (exact) mass is 706 g/mol. The average molecular weight is 707 g/mol. The molecule has 2 bridgehead atoms. The molecule has 0 aromatic heterocycles. The molecule has 1 saturated heterocycles. The molecule has 6 atom stereocenters. The third kappa shape index (κ3) is 6.55. The Labute approximate surface area is 296 Å². The Morgan fingerprint density at radius 2 is 1.96 bits per heavy atom. The Hall–Kier alpha value is -3.45. The number of allylic oxidation sites excluding steroid dienone is 5. The fourth-order valence-electron chi connectivity index (χ4n) is 8.36. The Kier molecular flexibility index (Phi) is 9.51. The number of carbonyl (C=O) groups excluding carboxylic acids is 2. The van der Waals surface area contributed by atoms with E-state index in [1.165, 1.54) is 10.5 Å². The van der Waals surface area contributed by atoms with Crippen LogP contribution in [-0.4, -0.2) is 92.5 Å². The van der Waals surface area contributed by atoms with Gasteiger partial charge in [0.25, 0.3) is 5.91 Å². The maximum atomic E-state index is 15.0. The van der Waals surface area contributed by atoms with Crippen LogP contribution in [0.4, 0.5) is 10.5 Å². The van der Waals surface area contributed by atoms with E-state index in [4.69, 9.17) is 18.9 Å². The summed E-state index contributed by atoms with van der Waals surface area (Å²) in [6, 6.07) is 4.70. The first-order chi connectivity index (χ1) is 23.9. The molecule has 3 unspecified atom stereocenters. The molecule has 7 rings (SSSR count). The number of carbonyl (C=O) groups is 2. The third-order valence-electron chi connectivity index (χ3n) is 11.6. The van der Waals surface area contributed by atoms with Crippen LogP contribution in [0.5, 0.6) is 5.75 Å². The summed E-state index contributed by atoms with van der Waals surface area (Å²) in [6.07, 6.45) is 15.6. The van der Waals surface area contributed by atoms with E-state index in [1.807, 2.05) is 18.2 Å². The fourth-order valence-corrected chi connectivity index (χ4v) is 9.97. The number of hydrogen-bond donors (Lipinski definition) is 1. The van der Waals surface area contributed by atoms with Crippen LogP contribution in [0, 0.1) is 23.2 Å². The molecule has 1 N–H and O–H groups in total. The molecule has 3 amide bonds. The minimum Gasteiger partial charge on any atom is -0.491 e. The number of urea groups is 1. The van der Waals surface area contributed by atoms with Crippen molar-refractivity contribution in [3.05, 3.63) is 66.3 Å². The molecule has 1 spiro atoms. The van der Waals surface area contributed by atoms with Gasteiger partial charge in [-0.3, -0.25) is 4.79 Å². The summed E-state index contributed by atoms with van der Waals surface area (Å²) in [5.74, 6) is 0.806. The van der Waals surface area contributed by atoms with Crippen molar-refractivity contribution in [1.82, 2.24) is 9.62 Å². The number of nitrogens with zero attached hydrogens (tertiary/aromatic N) is 3. The lowest BCUT2D eigenvalue weighted by Gasteiger charge is -2.48. The van der Waals surface area contributed by atoms with Gasteiger partial charge in [-0.2, -0.15) is 0 Å². The molecule has 6 aliphatic rings. The van der Waals surface area contributed by atoms with Crippen LogP contribution < -0.4 is 14.4 Å². The number of likely N-dealkylation sites (tertiary alicyclic amines) is 1. The lowest BCUT2D eigenvalue weighted by Crippen LogP contribution is -2.58. The zero-order valence-electron chi connectivity index (χ0n) is 29.6. The summed E-state index contributed by atoms with van der Waals surface area (Å²) in [5.41, 5.74) is 1.61. The van der Waals surface area contributed by atoms with Crippen LogP contribution >= 0.6 is 0 Å². The van der Waals surface area contributed by atoms with Crippen molar-refractivity contribution < 1.29 is 32.7 Å². The van der Waals surface area contributed by atoms with E-state index in [9.17, 15) is 9.59 Å². The molecule has 1 aromatic rings. The summed E-state index contributed by atoms with van der Waals surface area (Å²) in [5, 5.41) is 0. The number of benzene rings is 1. The quantitative estimate of drug-likeness (QED) is 0.413. The van der Waals surface area contributed by atoms with Crippen molar-refractivity contribution in [2.24, 2.45) is 27.5 Å². The Bertz CT molecular complexity index is 1750. The third-order valence-corrected chi connectivity index (χ3v) is 13.4. The number of nitrogens with one attached hydrogen (secondary N) is 1. The Morgan fingerprint density at radius 3 is 2.70 bits per heavy atom. The van der Waals surface area contributed by atoms with Crippen LogP contribution in [0.25, 0.3) is 0 Å². The van der Waals surface area contributed by atoms with Gasteiger partial charge < -0.3 is 28.7 Å². The van der Waals surface area contributed by atoms with Crippen molar-refractivity contribution in [3.63, 3.8) is 0 Å². The van der Waals surface area contributed by atoms with Gasteiger partial charge in [-0.25, -0.2) is 13.7 Å². The first-order valence-electron chi connectivity index (χ1n) is 17.8. The lowest BCUT2D eigenvalue weighted by molar-refractivity contribution is -0.137. The summed E-state index contributed by atoms with van der Waals surface area (Å²) >= 11 is 0. The average Bonchev–Trinajstić information content (AvgIpc) is 3.20. The summed E-state index contributed by atoms with van der Waals surface area (Å²) in [4.78, 5) is 31.3. The number of ether oxygens (including phenoxy) is 4. The summed E-state index contributed by atoms with van der Waals surface area (Å²) < 4.78 is 45.9. The predicted molar refractivity (Wildman–Crippen MR) is 191 cm³/mol. The topological polar surface area (TPSA) is 119 Å². The van der Waals surface area contributed by atoms with Gasteiger partial charge in [-0.1, -0.05) is 42.5 Å². The van der Waals surface area contributed by atoms with Gasteiger partial charge in [0.05, 0.1) is 49.1 Å². The van der Waals surface area contributed by atoms with Crippen molar-refractivity contribution >= 4 is 27.5 Å². The molecular formula is C38H50N4O7S. The van der Waals surface area contributed by atoms with Crippen molar-refractivity contribution in [2.45, 2.75) is 68.7 Å². The van der Waals surface area contributed by atoms with Crippen LogP contribution in [0.15, 0.2) is 75.6 Å². The van der Waals surface area contributed by atoms with Crippen LogP contribution in [0.2, 0.25) is 0 Å². The molecule has 50 heavy (non-hydrogen) atoms. The normalized spacial score (nSPS) is 34.5. The van der Waals surface area contributed by atoms with Gasteiger partial charge in [0.1, 0.15) is 11.4 Å². The minimum atomic E-state index is -3.81. The number of rotatable bonds is 3. The van der Waals surface area contributed by atoms with E-state index < -0.39 is 27.5 Å². The van der Waals surface area contributed by atoms with Crippen LogP contribution in [0.3, 0.4) is 0 Å². The summed E-state index contributed by atoms with van der Waals surface area (Å²) in [6.45, 7) is 10.3. The molecule has 270 valence electrons. The molecule has 12 heteroatoms. The van der Waals surface area contributed by atoms with Gasteiger partial charge >= 0.3 is 6.03 Å². The molecule has 3 heterocycles. The molecule has 3 aliphatic heterocycles. The van der Waals surface area contributed by atoms with Crippen molar-refractivity contribution in [1.29, 1.82) is 0 Å². The van der Waals surface area contributed by atoms with Crippen LogP contribution in [-0.2, 0) is 28.9 Å². The van der Waals surface area contributed by atoms with E-state index in [2.05, 4.69) is 38.8 Å². The minimum absolute atomic E-state index is 0.0959. The lowest BCUT2D eigenvalue weighted by atomic mass is 9.62. The first kappa shape index (κ1) is 35.0. The molecule has 2 saturated carbocycles. The Balaban J connectivity index is 1.33. The molecule has 0 radical (unpaired) electrons. The smallest absolute Gasteiger partial charge is 0.330 e. The molecule has 1 aromatic carbocycles. The van der Waals surface area contributed by atoms with Gasteiger partial charge in [0.15, 0.2) is 9.92 Å².